The van der Waals surface area contributed by atoms with Gasteiger partial charge in [0, 0.05) is 63.5 Å². The van der Waals surface area contributed by atoms with E-state index in [1.165, 1.54) is 22.3 Å². The zero-order chi connectivity index (χ0) is 35.3. The Hall–Kier alpha value is -4.78. The lowest BCUT2D eigenvalue weighted by Gasteiger charge is -2.35. The molecule has 0 spiro atoms. The Balaban J connectivity index is 1.43. The van der Waals surface area contributed by atoms with Gasteiger partial charge in [-0.15, -0.1) is 0 Å². The highest BCUT2D eigenvalue weighted by atomic mass is 16.2. The molecule has 8 rings (SSSR count). The lowest BCUT2D eigenvalue weighted by molar-refractivity contribution is -0.117. The van der Waals surface area contributed by atoms with Crippen LogP contribution < -0.4 is 10.6 Å². The first kappa shape index (κ1) is 36.5. The Kier molecular flexibility index (Phi) is 13.3. The summed E-state index contributed by atoms with van der Waals surface area (Å²) in [5.74, 6) is 0.430. The van der Waals surface area contributed by atoms with Crippen LogP contribution in [-0.4, -0.2) is 46.8 Å². The summed E-state index contributed by atoms with van der Waals surface area (Å²) in [7, 11) is 0. The van der Waals surface area contributed by atoms with Crippen LogP contribution in [0.25, 0.3) is 12.2 Å². The van der Waals surface area contributed by atoms with Gasteiger partial charge in [0.05, 0.1) is 0 Å². The smallest absolute Gasteiger partial charge is 0.244 e. The molecule has 0 aliphatic carbocycles. The molecule has 50 heavy (non-hydrogen) atoms. The lowest BCUT2D eigenvalue weighted by atomic mass is 9.99. The first-order valence-electron chi connectivity index (χ1n) is 17.9. The molecule has 6 nitrogen and oxygen atoms in total. The molecular weight excluding hydrogens is 617 g/mol. The fraction of sp³-hybridized carbons (Fsp3) is 0.318. The Morgan fingerprint density at radius 1 is 0.520 bits per heavy atom. The van der Waals surface area contributed by atoms with Gasteiger partial charge in [-0.05, 0) is 57.4 Å². The third-order valence-electron chi connectivity index (χ3n) is 9.49. The van der Waals surface area contributed by atoms with Crippen molar-refractivity contribution in [1.82, 2.24) is 20.4 Å². The molecule has 0 radical (unpaired) electrons. The quantitative estimate of drug-likeness (QED) is 0.221. The van der Waals surface area contributed by atoms with Crippen molar-refractivity contribution in [3.05, 3.63) is 155 Å². The van der Waals surface area contributed by atoms with Crippen molar-refractivity contribution in [1.29, 1.82) is 0 Å². The van der Waals surface area contributed by atoms with Crippen molar-refractivity contribution in [2.75, 3.05) is 13.1 Å². The van der Waals surface area contributed by atoms with Crippen molar-refractivity contribution < 1.29 is 9.59 Å². The van der Waals surface area contributed by atoms with E-state index in [4.69, 9.17) is 0 Å². The second-order valence-corrected chi connectivity index (χ2v) is 14.0. The molecule has 2 atom stereocenters. The normalized spacial score (nSPS) is 20.0. The second-order valence-electron chi connectivity index (χ2n) is 14.0. The molecule has 2 amide bonds. The first-order valence-corrected chi connectivity index (χ1v) is 17.9. The summed E-state index contributed by atoms with van der Waals surface area (Å²) in [4.78, 5) is 31.1. The largest absolute Gasteiger partial charge is 0.351 e. The Labute approximate surface area is 298 Å². The van der Waals surface area contributed by atoms with E-state index < -0.39 is 0 Å². The zero-order valence-electron chi connectivity index (χ0n) is 30.0. The molecule has 4 aliphatic heterocycles. The van der Waals surface area contributed by atoms with E-state index in [1.54, 1.807) is 12.2 Å². The van der Waals surface area contributed by atoms with E-state index in [0.717, 1.165) is 37.3 Å². The van der Waals surface area contributed by atoms with E-state index in [0.29, 0.717) is 24.9 Å². The molecule has 2 N–H and O–H groups in total. The number of nitrogens with one attached hydrogen (secondary N) is 2. The van der Waals surface area contributed by atoms with E-state index >= 15 is 0 Å². The molecule has 4 bridgehead atoms. The number of rotatable bonds is 6. The predicted molar refractivity (Wildman–Crippen MR) is 206 cm³/mol. The number of nitrogens with zero attached hydrogens (tertiary/aromatic N) is 2. The van der Waals surface area contributed by atoms with Crippen LogP contribution in [0, 0.1) is 11.8 Å². The molecule has 0 fully saturated rings. The van der Waals surface area contributed by atoms with Gasteiger partial charge in [-0.3, -0.25) is 19.4 Å². The average Bonchev–Trinajstić information content (AvgIpc) is 3.11. The van der Waals surface area contributed by atoms with E-state index in [2.05, 4.69) is 145 Å². The summed E-state index contributed by atoms with van der Waals surface area (Å²) in [6.45, 7) is 12.9. The molecule has 6 heteroatoms. The molecule has 4 aliphatic rings. The number of amides is 2. The SMILES string of the molecule is CC(C)[C@H]1CNC(=O)/C=C/c2ccc(cc2)CN(Cc2ccccc2)[C@@H](C(C)C)CNC(=O)/C=C/c2ccc(cc2)CN1Cc1ccccc1. The summed E-state index contributed by atoms with van der Waals surface area (Å²) >= 11 is 0. The van der Waals surface area contributed by atoms with Crippen LogP contribution in [0.1, 0.15) is 61.1 Å². The number of hydrogen-bond acceptors (Lipinski definition) is 4. The van der Waals surface area contributed by atoms with Crippen molar-refractivity contribution in [2.45, 2.75) is 66.0 Å². The summed E-state index contributed by atoms with van der Waals surface area (Å²) in [6, 6.07) is 38.0. The van der Waals surface area contributed by atoms with Crippen molar-refractivity contribution in [2.24, 2.45) is 11.8 Å². The van der Waals surface area contributed by atoms with E-state index in [9.17, 15) is 9.59 Å². The maximum Gasteiger partial charge on any atom is 0.244 e. The predicted octanol–water partition coefficient (Wildman–Crippen LogP) is 7.71. The van der Waals surface area contributed by atoms with Crippen LogP contribution in [0.2, 0.25) is 0 Å². The van der Waals surface area contributed by atoms with Gasteiger partial charge in [-0.25, -0.2) is 0 Å². The number of carbonyl (C=O) groups excluding carboxylic acids is 2. The average molecular weight is 669 g/mol. The highest BCUT2D eigenvalue weighted by Crippen LogP contribution is 2.21. The maximum absolute atomic E-state index is 13.1. The van der Waals surface area contributed by atoms with Crippen molar-refractivity contribution in [3.63, 3.8) is 0 Å². The first-order chi connectivity index (χ1) is 24.2. The van der Waals surface area contributed by atoms with Gasteiger partial charge in [0.2, 0.25) is 11.8 Å². The Bertz CT molecular complexity index is 1570. The van der Waals surface area contributed by atoms with Crippen LogP contribution in [0.15, 0.2) is 121 Å². The van der Waals surface area contributed by atoms with Gasteiger partial charge in [0.15, 0.2) is 0 Å². The summed E-state index contributed by atoms with van der Waals surface area (Å²) in [6.07, 6.45) is 7.04. The van der Waals surface area contributed by atoms with Crippen LogP contribution >= 0.6 is 0 Å². The summed E-state index contributed by atoms with van der Waals surface area (Å²) in [5, 5.41) is 6.38. The van der Waals surface area contributed by atoms with Gasteiger partial charge < -0.3 is 10.6 Å². The van der Waals surface area contributed by atoms with Gasteiger partial charge in [0.1, 0.15) is 0 Å². The van der Waals surface area contributed by atoms with Crippen LogP contribution in [-0.2, 0) is 35.8 Å². The molecule has 0 unspecified atom stereocenters. The molecule has 0 aromatic heterocycles. The molecular formula is C44H52N4O2. The number of hydrogen-bond donors (Lipinski definition) is 2. The fourth-order valence-electron chi connectivity index (χ4n) is 6.60. The topological polar surface area (TPSA) is 64.7 Å². The van der Waals surface area contributed by atoms with Gasteiger partial charge in [0.25, 0.3) is 0 Å². The van der Waals surface area contributed by atoms with Gasteiger partial charge in [-0.1, -0.05) is 137 Å². The van der Waals surface area contributed by atoms with Crippen LogP contribution in [0.3, 0.4) is 0 Å². The molecule has 4 aromatic rings. The van der Waals surface area contributed by atoms with Crippen LogP contribution in [0.4, 0.5) is 0 Å². The third-order valence-corrected chi connectivity index (χ3v) is 9.49. The lowest BCUT2D eigenvalue weighted by Crippen LogP contribution is -2.46. The second kappa shape index (κ2) is 18.3. The minimum absolute atomic E-state index is 0.0964. The van der Waals surface area contributed by atoms with Gasteiger partial charge in [-0.2, -0.15) is 0 Å². The third kappa shape index (κ3) is 11.1. The van der Waals surface area contributed by atoms with Crippen molar-refractivity contribution in [3.8, 4) is 0 Å². The van der Waals surface area contributed by atoms with Gasteiger partial charge >= 0.3 is 0 Å². The summed E-state index contributed by atoms with van der Waals surface area (Å²) < 4.78 is 0. The van der Waals surface area contributed by atoms with Crippen molar-refractivity contribution >= 4 is 24.0 Å². The minimum atomic E-state index is -0.0964. The Morgan fingerprint density at radius 2 is 0.880 bits per heavy atom. The number of benzene rings is 4. The molecule has 0 saturated carbocycles. The monoisotopic (exact) mass is 668 g/mol. The Morgan fingerprint density at radius 3 is 1.22 bits per heavy atom. The maximum atomic E-state index is 13.1. The zero-order valence-corrected chi connectivity index (χ0v) is 30.0. The standard InChI is InChI=1S/C44H52N4O2/c1-33(2)41-27-45-43(49)25-23-36-17-21-40(22-18-36)32-48(30-38-13-9-6-10-14-38)42(34(3)4)28-46-44(50)26-24-35-15-19-39(20-16-35)31-47(41)29-37-11-7-5-8-12-37/h5-26,33-34,41-42H,27-32H2,1-4H3,(H,45,49)(H,46,50)/b25-23+,26-24+/t41-,42-/m1/s1. The molecule has 260 valence electrons. The molecule has 0 saturated heterocycles. The highest BCUT2D eigenvalue weighted by molar-refractivity contribution is 5.92. The highest BCUT2D eigenvalue weighted by Gasteiger charge is 2.24. The number of carbonyl (C=O) groups is 2. The summed E-state index contributed by atoms with van der Waals surface area (Å²) in [5.41, 5.74) is 6.76. The molecule has 4 heterocycles. The van der Waals surface area contributed by atoms with E-state index in [1.807, 2.05) is 24.3 Å². The fourth-order valence-corrected chi connectivity index (χ4v) is 6.60. The minimum Gasteiger partial charge on any atom is -0.351 e. The van der Waals surface area contributed by atoms with Crippen LogP contribution in [0.5, 0.6) is 0 Å². The molecule has 4 aromatic carbocycles. The van der Waals surface area contributed by atoms with E-state index in [-0.39, 0.29) is 23.9 Å².